The molecule has 1 aromatic rings. The lowest BCUT2D eigenvalue weighted by Crippen LogP contribution is -2.49. The molecular weight excluding hydrogens is 246 g/mol. The van der Waals surface area contributed by atoms with Gasteiger partial charge in [-0.1, -0.05) is 12.1 Å². The largest absolute Gasteiger partial charge is 0.497 e. The average molecular weight is 267 g/mol. The van der Waals surface area contributed by atoms with Gasteiger partial charge in [0.1, 0.15) is 11.8 Å². The highest BCUT2D eigenvalue weighted by Crippen LogP contribution is 2.13. The molecule has 3 N–H and O–H groups in total. The Labute approximate surface area is 113 Å². The predicted molar refractivity (Wildman–Crippen MR) is 72.5 cm³/mol. The maximum atomic E-state index is 11.7. The molecular formula is C13H21N3O3. The molecule has 0 aliphatic carbocycles. The van der Waals surface area contributed by atoms with Gasteiger partial charge in [-0.25, -0.2) is 5.84 Å². The van der Waals surface area contributed by atoms with Crippen molar-refractivity contribution in [3.63, 3.8) is 0 Å². The third-order valence-corrected chi connectivity index (χ3v) is 2.89. The number of hydrogen-bond donors (Lipinski definition) is 2. The van der Waals surface area contributed by atoms with Gasteiger partial charge >= 0.3 is 0 Å². The van der Waals surface area contributed by atoms with Crippen LogP contribution in [0, 0.1) is 0 Å². The van der Waals surface area contributed by atoms with E-state index < -0.39 is 6.04 Å². The van der Waals surface area contributed by atoms with Gasteiger partial charge in [-0.15, -0.1) is 0 Å². The van der Waals surface area contributed by atoms with E-state index in [0.717, 1.165) is 11.3 Å². The van der Waals surface area contributed by atoms with E-state index in [9.17, 15) is 4.79 Å². The Balaban J connectivity index is 2.68. The van der Waals surface area contributed by atoms with Crippen LogP contribution >= 0.6 is 0 Å². The average Bonchev–Trinajstić information content (AvgIpc) is 2.44. The molecule has 0 aliphatic rings. The molecule has 0 spiro atoms. The number of hydrogen-bond acceptors (Lipinski definition) is 5. The summed E-state index contributed by atoms with van der Waals surface area (Å²) in [6.45, 7) is 0.904. The van der Waals surface area contributed by atoms with Crippen LogP contribution in [0.4, 0.5) is 0 Å². The number of methoxy groups -OCH3 is 2. The fraction of sp³-hybridized carbons (Fsp3) is 0.462. The molecule has 1 atom stereocenters. The summed E-state index contributed by atoms with van der Waals surface area (Å²) in [5, 5.41) is 0. The Hall–Kier alpha value is -1.63. The van der Waals surface area contributed by atoms with E-state index in [2.05, 4.69) is 5.43 Å². The number of carbonyl (C=O) groups excluding carboxylic acids is 1. The van der Waals surface area contributed by atoms with Crippen molar-refractivity contribution < 1.29 is 14.3 Å². The van der Waals surface area contributed by atoms with Crippen molar-refractivity contribution in [2.24, 2.45) is 5.84 Å². The molecule has 6 heteroatoms. The van der Waals surface area contributed by atoms with Crippen LogP contribution < -0.4 is 16.0 Å². The van der Waals surface area contributed by atoms with Gasteiger partial charge in [-0.05, 0) is 24.7 Å². The van der Waals surface area contributed by atoms with Crippen LogP contribution in [0.25, 0.3) is 0 Å². The monoisotopic (exact) mass is 267 g/mol. The number of likely N-dealkylation sites (N-methyl/N-ethyl adjacent to an activating group) is 1. The van der Waals surface area contributed by atoms with E-state index in [1.165, 1.54) is 0 Å². The molecule has 0 aromatic heterocycles. The van der Waals surface area contributed by atoms with Crippen molar-refractivity contribution in [3.8, 4) is 5.75 Å². The minimum Gasteiger partial charge on any atom is -0.497 e. The van der Waals surface area contributed by atoms with Crippen molar-refractivity contribution in [1.82, 2.24) is 10.3 Å². The van der Waals surface area contributed by atoms with Crippen LogP contribution in [0.2, 0.25) is 0 Å². The van der Waals surface area contributed by atoms with E-state index in [4.69, 9.17) is 15.3 Å². The molecule has 0 aliphatic heterocycles. The number of ether oxygens (including phenoxy) is 2. The van der Waals surface area contributed by atoms with E-state index in [0.29, 0.717) is 6.54 Å². The van der Waals surface area contributed by atoms with Gasteiger partial charge in [-0.2, -0.15) is 0 Å². The highest BCUT2D eigenvalue weighted by molar-refractivity contribution is 5.81. The summed E-state index contributed by atoms with van der Waals surface area (Å²) in [4.78, 5) is 13.5. The molecule has 0 radical (unpaired) electrons. The molecule has 19 heavy (non-hydrogen) atoms. The third kappa shape index (κ3) is 4.51. The summed E-state index contributed by atoms with van der Waals surface area (Å²) in [5.41, 5.74) is 3.23. The van der Waals surface area contributed by atoms with Crippen LogP contribution in [0.1, 0.15) is 5.56 Å². The number of benzene rings is 1. The van der Waals surface area contributed by atoms with E-state index >= 15 is 0 Å². The second-order valence-corrected chi connectivity index (χ2v) is 4.24. The summed E-state index contributed by atoms with van der Waals surface area (Å²) < 4.78 is 10.1. The Morgan fingerprint density at radius 1 is 1.37 bits per heavy atom. The first-order valence-electron chi connectivity index (χ1n) is 5.95. The Morgan fingerprint density at radius 2 is 2.00 bits per heavy atom. The van der Waals surface area contributed by atoms with Crippen molar-refractivity contribution in [2.75, 3.05) is 27.9 Å². The summed E-state index contributed by atoms with van der Waals surface area (Å²) >= 11 is 0. The normalized spacial score (nSPS) is 12.3. The highest BCUT2D eigenvalue weighted by Gasteiger charge is 2.22. The Bertz CT molecular complexity index is 395. The second-order valence-electron chi connectivity index (χ2n) is 4.24. The number of amides is 1. The van der Waals surface area contributed by atoms with Gasteiger partial charge in [0.25, 0.3) is 5.91 Å². The lowest BCUT2D eigenvalue weighted by atomic mass is 10.1. The van der Waals surface area contributed by atoms with E-state index in [-0.39, 0.29) is 12.5 Å². The standard InChI is InChI=1S/C13H21N3O3/c1-16(12(9-18-2)13(17)15-14)8-10-4-6-11(19-3)7-5-10/h4-7,12H,8-9,14H2,1-3H3,(H,15,17). The second kappa shape index (κ2) is 7.73. The lowest BCUT2D eigenvalue weighted by molar-refractivity contribution is -0.128. The Morgan fingerprint density at radius 3 is 2.47 bits per heavy atom. The Kier molecular flexibility index (Phi) is 6.27. The minimum absolute atomic E-state index is 0.266. The molecule has 6 nitrogen and oxygen atoms in total. The zero-order valence-electron chi connectivity index (χ0n) is 11.6. The van der Waals surface area contributed by atoms with Crippen LogP contribution in [-0.4, -0.2) is 44.7 Å². The van der Waals surface area contributed by atoms with E-state index in [1.807, 2.05) is 36.2 Å². The molecule has 0 heterocycles. The molecule has 0 saturated carbocycles. The van der Waals surface area contributed by atoms with Crippen LogP contribution in [0.15, 0.2) is 24.3 Å². The van der Waals surface area contributed by atoms with Gasteiger partial charge in [0.05, 0.1) is 13.7 Å². The first-order chi connectivity index (χ1) is 9.12. The molecule has 106 valence electrons. The summed E-state index contributed by atoms with van der Waals surface area (Å²) in [6, 6.07) is 7.27. The molecule has 1 amide bonds. The first-order valence-corrected chi connectivity index (χ1v) is 5.95. The SMILES string of the molecule is COCC(C(=O)NN)N(C)Cc1ccc(OC)cc1. The van der Waals surface area contributed by atoms with Gasteiger partial charge < -0.3 is 9.47 Å². The topological polar surface area (TPSA) is 76.8 Å². The number of nitrogens with zero attached hydrogens (tertiary/aromatic N) is 1. The molecule has 1 unspecified atom stereocenters. The fourth-order valence-corrected chi connectivity index (χ4v) is 1.79. The number of hydrazine groups is 1. The zero-order valence-corrected chi connectivity index (χ0v) is 11.6. The van der Waals surface area contributed by atoms with Crippen LogP contribution in [0.3, 0.4) is 0 Å². The predicted octanol–water partition coefficient (Wildman–Crippen LogP) is 0.132. The summed E-state index contributed by atoms with van der Waals surface area (Å²) in [7, 11) is 5.03. The van der Waals surface area contributed by atoms with Crippen molar-refractivity contribution in [3.05, 3.63) is 29.8 Å². The van der Waals surface area contributed by atoms with Gasteiger partial charge in [0.15, 0.2) is 0 Å². The third-order valence-electron chi connectivity index (χ3n) is 2.89. The van der Waals surface area contributed by atoms with Crippen LogP contribution in [-0.2, 0) is 16.1 Å². The number of nitrogens with one attached hydrogen (secondary N) is 1. The lowest BCUT2D eigenvalue weighted by Gasteiger charge is -2.25. The quantitative estimate of drug-likeness (QED) is 0.417. The molecule has 1 rings (SSSR count). The van der Waals surface area contributed by atoms with E-state index in [1.54, 1.807) is 14.2 Å². The van der Waals surface area contributed by atoms with Gasteiger partial charge in [0, 0.05) is 13.7 Å². The molecule has 0 fully saturated rings. The summed E-state index contributed by atoms with van der Waals surface area (Å²) in [5.74, 6) is 5.71. The number of rotatable bonds is 7. The first kappa shape index (κ1) is 15.4. The van der Waals surface area contributed by atoms with Crippen LogP contribution in [0.5, 0.6) is 5.75 Å². The number of nitrogens with two attached hydrogens (primary N) is 1. The maximum absolute atomic E-state index is 11.7. The fourth-order valence-electron chi connectivity index (χ4n) is 1.79. The number of carbonyl (C=O) groups is 1. The maximum Gasteiger partial charge on any atom is 0.253 e. The smallest absolute Gasteiger partial charge is 0.253 e. The van der Waals surface area contributed by atoms with Crippen molar-refractivity contribution >= 4 is 5.91 Å². The minimum atomic E-state index is -0.419. The van der Waals surface area contributed by atoms with Crippen molar-refractivity contribution in [1.29, 1.82) is 0 Å². The van der Waals surface area contributed by atoms with Gasteiger partial charge in [0.2, 0.25) is 0 Å². The van der Waals surface area contributed by atoms with Gasteiger partial charge in [-0.3, -0.25) is 15.1 Å². The van der Waals surface area contributed by atoms with Crippen molar-refractivity contribution in [2.45, 2.75) is 12.6 Å². The molecule has 0 saturated heterocycles. The zero-order chi connectivity index (χ0) is 14.3. The summed E-state index contributed by atoms with van der Waals surface area (Å²) in [6.07, 6.45) is 0. The molecule has 0 bridgehead atoms. The molecule has 1 aromatic carbocycles. The highest BCUT2D eigenvalue weighted by atomic mass is 16.5.